The highest BCUT2D eigenvalue weighted by Crippen LogP contribution is 2.42. The molecule has 2 saturated heterocycles. The highest BCUT2D eigenvalue weighted by Gasteiger charge is 2.51. The van der Waals surface area contributed by atoms with Gasteiger partial charge in [0.15, 0.2) is 11.5 Å². The van der Waals surface area contributed by atoms with Crippen molar-refractivity contribution in [1.82, 2.24) is 29.8 Å². The summed E-state index contributed by atoms with van der Waals surface area (Å²) in [6.45, 7) is 0.925. The number of likely N-dealkylation sites (tertiary alicyclic amines) is 1. The van der Waals surface area contributed by atoms with E-state index >= 15 is 0 Å². The van der Waals surface area contributed by atoms with Gasteiger partial charge in [-0.3, -0.25) is 9.30 Å². The SMILES string of the molecule is Cl.Cl.Fc1ccc2ccc(-c3nnc4ccc([C@@H](N5C[C@@H]6C[C@H]5CN6)C(F)(F)F)cn34)nc2c1. The van der Waals surface area contributed by atoms with Crippen molar-refractivity contribution >= 4 is 41.4 Å². The summed E-state index contributed by atoms with van der Waals surface area (Å²) in [6, 6.07) is 9.01. The van der Waals surface area contributed by atoms with Crippen LogP contribution in [0.5, 0.6) is 0 Å². The number of hydrogen-bond donors (Lipinski definition) is 1. The number of rotatable bonds is 3. The van der Waals surface area contributed by atoms with E-state index in [1.54, 1.807) is 23.1 Å². The van der Waals surface area contributed by atoms with Crippen molar-refractivity contribution in [2.24, 2.45) is 0 Å². The third-order valence-electron chi connectivity index (χ3n) is 6.36. The Balaban J connectivity index is 0.00000137. The summed E-state index contributed by atoms with van der Waals surface area (Å²) in [5.41, 5.74) is 1.38. The molecule has 2 fully saturated rings. The molecular weight excluding hydrogens is 495 g/mol. The smallest absolute Gasteiger partial charge is 0.311 e. The Labute approximate surface area is 204 Å². The van der Waals surface area contributed by atoms with Crippen LogP contribution in [-0.4, -0.2) is 55.8 Å². The zero-order chi connectivity index (χ0) is 22.0. The molecule has 1 aromatic carbocycles. The van der Waals surface area contributed by atoms with Gasteiger partial charge in [-0.1, -0.05) is 12.1 Å². The predicted octanol–water partition coefficient (Wildman–Crippen LogP) is 4.58. The van der Waals surface area contributed by atoms with Crippen molar-refractivity contribution in [2.75, 3.05) is 13.1 Å². The minimum Gasteiger partial charge on any atom is -0.311 e. The molecule has 3 atom stereocenters. The molecule has 0 amide bonds. The summed E-state index contributed by atoms with van der Waals surface area (Å²) in [5.74, 6) is -0.114. The fraction of sp³-hybridized carbons (Fsp3) is 0.318. The molecule has 1 N–H and O–H groups in total. The Morgan fingerprint density at radius 2 is 1.82 bits per heavy atom. The highest BCUT2D eigenvalue weighted by molar-refractivity contribution is 5.85. The van der Waals surface area contributed by atoms with Crippen molar-refractivity contribution in [3.05, 3.63) is 60.0 Å². The molecule has 2 aliphatic rings. The Morgan fingerprint density at radius 3 is 2.53 bits per heavy atom. The second-order valence-corrected chi connectivity index (χ2v) is 8.38. The largest absolute Gasteiger partial charge is 0.408 e. The molecule has 0 spiro atoms. The molecule has 0 radical (unpaired) electrons. The zero-order valence-electron chi connectivity index (χ0n) is 17.5. The first-order valence-electron chi connectivity index (χ1n) is 10.3. The first kappa shape index (κ1) is 24.6. The van der Waals surface area contributed by atoms with Crippen molar-refractivity contribution in [2.45, 2.75) is 30.7 Å². The van der Waals surface area contributed by atoms with Gasteiger partial charge >= 0.3 is 6.18 Å². The number of nitrogens with one attached hydrogen (secondary N) is 1. The van der Waals surface area contributed by atoms with E-state index in [0.29, 0.717) is 35.8 Å². The lowest BCUT2D eigenvalue weighted by atomic mass is 10.1. The molecule has 180 valence electrons. The number of pyridine rings is 2. The van der Waals surface area contributed by atoms with Gasteiger partial charge < -0.3 is 5.32 Å². The van der Waals surface area contributed by atoms with Gasteiger partial charge in [-0.15, -0.1) is 35.0 Å². The van der Waals surface area contributed by atoms with Crippen molar-refractivity contribution in [3.8, 4) is 11.5 Å². The third kappa shape index (κ3) is 4.08. The molecular formula is C22H20Cl2F4N6. The number of hydrogen-bond acceptors (Lipinski definition) is 5. The topological polar surface area (TPSA) is 58.4 Å². The second-order valence-electron chi connectivity index (χ2n) is 8.38. The molecule has 6 rings (SSSR count). The van der Waals surface area contributed by atoms with Gasteiger partial charge in [0.2, 0.25) is 0 Å². The van der Waals surface area contributed by atoms with Crippen LogP contribution >= 0.6 is 24.8 Å². The molecule has 6 nitrogen and oxygen atoms in total. The fourth-order valence-electron chi connectivity index (χ4n) is 4.94. The van der Waals surface area contributed by atoms with Crippen LogP contribution in [0.25, 0.3) is 28.1 Å². The first-order valence-corrected chi connectivity index (χ1v) is 10.3. The van der Waals surface area contributed by atoms with Crippen LogP contribution in [-0.2, 0) is 0 Å². The number of fused-ring (bicyclic) bond motifs is 4. The van der Waals surface area contributed by atoms with Gasteiger partial charge in [-0.05, 0) is 36.2 Å². The fourth-order valence-corrected chi connectivity index (χ4v) is 4.94. The van der Waals surface area contributed by atoms with E-state index < -0.39 is 18.0 Å². The molecule has 2 bridgehead atoms. The third-order valence-corrected chi connectivity index (χ3v) is 6.36. The van der Waals surface area contributed by atoms with Crippen LogP contribution in [0, 0.1) is 5.82 Å². The lowest BCUT2D eigenvalue weighted by Gasteiger charge is -2.36. The summed E-state index contributed by atoms with van der Waals surface area (Å²) in [7, 11) is 0. The van der Waals surface area contributed by atoms with Gasteiger partial charge in [0, 0.05) is 42.8 Å². The maximum Gasteiger partial charge on any atom is 0.408 e. The Hall–Kier alpha value is -2.53. The molecule has 4 aromatic rings. The van der Waals surface area contributed by atoms with Crippen LogP contribution in [0.4, 0.5) is 17.6 Å². The lowest BCUT2D eigenvalue weighted by Crippen LogP contribution is -2.49. The average Bonchev–Trinajstić information content (AvgIpc) is 3.48. The molecule has 0 saturated carbocycles. The number of piperazine rings is 1. The van der Waals surface area contributed by atoms with E-state index in [2.05, 4.69) is 20.5 Å². The van der Waals surface area contributed by atoms with E-state index in [9.17, 15) is 17.6 Å². The minimum atomic E-state index is -4.43. The monoisotopic (exact) mass is 514 g/mol. The average molecular weight is 515 g/mol. The van der Waals surface area contributed by atoms with E-state index in [1.807, 2.05) is 0 Å². The lowest BCUT2D eigenvalue weighted by molar-refractivity contribution is -0.190. The van der Waals surface area contributed by atoms with Gasteiger partial charge in [0.1, 0.15) is 17.6 Å². The maximum absolute atomic E-state index is 14.2. The van der Waals surface area contributed by atoms with Crippen LogP contribution in [0.1, 0.15) is 18.0 Å². The quantitative estimate of drug-likeness (QED) is 0.405. The standard InChI is InChI=1S/C22H18F4N6.2ClH/c23-14-4-1-12-2-5-17(28-18(12)7-14)21-30-29-19-6-3-13(10-32(19)21)20(22(24,25)26)31-11-15-8-16(31)9-27-15;;/h1-7,10,15-16,20,27H,8-9,11H2;2*1H/t15-,16-,20+;;/m0../s1. The summed E-state index contributed by atoms with van der Waals surface area (Å²) >= 11 is 0. The number of benzene rings is 1. The summed E-state index contributed by atoms with van der Waals surface area (Å²) < 4.78 is 57.7. The van der Waals surface area contributed by atoms with E-state index in [-0.39, 0.29) is 42.5 Å². The van der Waals surface area contributed by atoms with Crippen molar-refractivity contribution in [1.29, 1.82) is 0 Å². The maximum atomic E-state index is 14.2. The summed E-state index contributed by atoms with van der Waals surface area (Å²) in [5, 5.41) is 12.2. The number of halogens is 6. The number of alkyl halides is 3. The predicted molar refractivity (Wildman–Crippen MR) is 124 cm³/mol. The molecule has 0 unspecified atom stereocenters. The minimum absolute atomic E-state index is 0. The molecule has 2 aliphatic heterocycles. The van der Waals surface area contributed by atoms with Gasteiger partial charge in [-0.25, -0.2) is 9.37 Å². The normalized spacial score (nSPS) is 20.9. The van der Waals surface area contributed by atoms with Crippen LogP contribution in [0.15, 0.2) is 48.7 Å². The van der Waals surface area contributed by atoms with E-state index in [0.717, 1.165) is 11.8 Å². The van der Waals surface area contributed by atoms with Crippen LogP contribution in [0.3, 0.4) is 0 Å². The van der Waals surface area contributed by atoms with Gasteiger partial charge in [-0.2, -0.15) is 13.2 Å². The molecule has 0 aliphatic carbocycles. The van der Waals surface area contributed by atoms with Crippen molar-refractivity contribution in [3.63, 3.8) is 0 Å². The van der Waals surface area contributed by atoms with Gasteiger partial charge in [0.05, 0.1) is 5.52 Å². The molecule has 12 heteroatoms. The zero-order valence-corrected chi connectivity index (χ0v) is 19.2. The van der Waals surface area contributed by atoms with E-state index in [4.69, 9.17) is 0 Å². The molecule has 34 heavy (non-hydrogen) atoms. The second kappa shape index (κ2) is 8.92. The highest BCUT2D eigenvalue weighted by atomic mass is 35.5. The Bertz CT molecular complexity index is 1340. The first-order chi connectivity index (χ1) is 15.4. The van der Waals surface area contributed by atoms with Crippen LogP contribution in [0.2, 0.25) is 0 Å². The van der Waals surface area contributed by atoms with Gasteiger partial charge in [0.25, 0.3) is 0 Å². The number of nitrogens with zero attached hydrogens (tertiary/aromatic N) is 5. The summed E-state index contributed by atoms with van der Waals surface area (Å²) in [4.78, 5) is 6.00. The van der Waals surface area contributed by atoms with Crippen molar-refractivity contribution < 1.29 is 17.6 Å². The Morgan fingerprint density at radius 1 is 1.03 bits per heavy atom. The number of aromatic nitrogens is 4. The molecule has 5 heterocycles. The van der Waals surface area contributed by atoms with E-state index in [1.165, 1.54) is 34.9 Å². The molecule has 3 aromatic heterocycles. The Kier molecular flexibility index (Phi) is 6.45. The summed E-state index contributed by atoms with van der Waals surface area (Å²) in [6.07, 6.45) is -2.25. The van der Waals surface area contributed by atoms with Crippen LogP contribution < -0.4 is 5.32 Å².